The summed E-state index contributed by atoms with van der Waals surface area (Å²) in [5, 5.41) is 13.4. The average Bonchev–Trinajstić information content (AvgIpc) is 2.48. The molecule has 1 amide bonds. The van der Waals surface area contributed by atoms with Gasteiger partial charge in [-0.1, -0.05) is 17.7 Å². The molecule has 0 saturated carbocycles. The first-order valence-corrected chi connectivity index (χ1v) is 8.14. The first-order chi connectivity index (χ1) is 10.1. The smallest absolute Gasteiger partial charge is 0.288 e. The third-order valence-corrected chi connectivity index (χ3v) is 4.58. The molecule has 1 aliphatic heterocycles. The van der Waals surface area contributed by atoms with Crippen LogP contribution >= 0.6 is 23.4 Å². The molecular weight excluding hydrogens is 314 g/mol. The number of nitro benzene ring substituents is 1. The van der Waals surface area contributed by atoms with Gasteiger partial charge in [0.1, 0.15) is 5.02 Å². The molecule has 0 radical (unpaired) electrons. The maximum absolute atomic E-state index is 12.0. The number of carbonyl (C=O) groups excluding carboxylic acids is 1. The molecular formula is C13H16ClN3O3S. The lowest BCUT2D eigenvalue weighted by Gasteiger charge is -2.26. The fourth-order valence-electron chi connectivity index (χ4n) is 2.08. The van der Waals surface area contributed by atoms with Crippen molar-refractivity contribution in [2.75, 3.05) is 37.7 Å². The third kappa shape index (κ3) is 4.33. The highest BCUT2D eigenvalue weighted by molar-refractivity contribution is 7.99. The van der Waals surface area contributed by atoms with E-state index in [1.165, 1.54) is 18.2 Å². The van der Waals surface area contributed by atoms with E-state index in [0.29, 0.717) is 6.54 Å². The van der Waals surface area contributed by atoms with E-state index in [0.717, 1.165) is 31.1 Å². The van der Waals surface area contributed by atoms with Crippen molar-refractivity contribution >= 4 is 35.0 Å². The average molecular weight is 330 g/mol. The van der Waals surface area contributed by atoms with Gasteiger partial charge in [-0.2, -0.15) is 11.8 Å². The predicted octanol–water partition coefficient (Wildman–Crippen LogP) is 2.03. The lowest BCUT2D eigenvalue weighted by atomic mass is 10.2. The minimum absolute atomic E-state index is 0.116. The number of thioether (sulfide) groups is 1. The summed E-state index contributed by atoms with van der Waals surface area (Å²) >= 11 is 7.84. The van der Waals surface area contributed by atoms with Crippen LogP contribution in [0.15, 0.2) is 18.2 Å². The summed E-state index contributed by atoms with van der Waals surface area (Å²) in [4.78, 5) is 24.5. The fourth-order valence-corrected chi connectivity index (χ4v) is 3.34. The van der Waals surface area contributed by atoms with Gasteiger partial charge in [-0.05, 0) is 6.07 Å². The van der Waals surface area contributed by atoms with E-state index in [1.807, 2.05) is 11.8 Å². The summed E-state index contributed by atoms with van der Waals surface area (Å²) in [6.07, 6.45) is 0. The van der Waals surface area contributed by atoms with Crippen LogP contribution in [0.3, 0.4) is 0 Å². The van der Waals surface area contributed by atoms with E-state index in [1.54, 1.807) is 0 Å². The van der Waals surface area contributed by atoms with Gasteiger partial charge < -0.3 is 5.32 Å². The van der Waals surface area contributed by atoms with Crippen molar-refractivity contribution < 1.29 is 9.72 Å². The van der Waals surface area contributed by atoms with Crippen LogP contribution in [-0.4, -0.2) is 53.4 Å². The molecule has 21 heavy (non-hydrogen) atoms. The summed E-state index contributed by atoms with van der Waals surface area (Å²) in [7, 11) is 0. The van der Waals surface area contributed by atoms with Crippen LogP contribution in [0.5, 0.6) is 0 Å². The normalized spacial score (nSPS) is 15.7. The van der Waals surface area contributed by atoms with Crippen molar-refractivity contribution in [1.82, 2.24) is 10.2 Å². The molecule has 6 nitrogen and oxygen atoms in total. The number of nitrogens with zero attached hydrogens (tertiary/aromatic N) is 2. The van der Waals surface area contributed by atoms with Crippen LogP contribution in [0.4, 0.5) is 5.69 Å². The van der Waals surface area contributed by atoms with Gasteiger partial charge in [0.15, 0.2) is 0 Å². The lowest BCUT2D eigenvalue weighted by Crippen LogP contribution is -2.39. The molecule has 1 saturated heterocycles. The van der Waals surface area contributed by atoms with Gasteiger partial charge in [-0.3, -0.25) is 19.8 Å². The molecule has 0 bridgehead atoms. The molecule has 8 heteroatoms. The molecule has 0 aromatic heterocycles. The Kier molecular flexibility index (Phi) is 5.84. The summed E-state index contributed by atoms with van der Waals surface area (Å²) in [6.45, 7) is 3.33. The summed E-state index contributed by atoms with van der Waals surface area (Å²) in [5.41, 5.74) is -0.113. The molecule has 0 aliphatic carbocycles. The molecule has 114 valence electrons. The highest BCUT2D eigenvalue weighted by Gasteiger charge is 2.19. The monoisotopic (exact) mass is 329 g/mol. The Morgan fingerprint density at radius 2 is 2.14 bits per heavy atom. The zero-order valence-electron chi connectivity index (χ0n) is 11.4. The number of amides is 1. The van der Waals surface area contributed by atoms with Gasteiger partial charge in [-0.25, -0.2) is 0 Å². The standard InChI is InChI=1S/C13H16ClN3O3S/c14-12-10(2-1-3-11(12)17(19)20)13(18)15-4-5-16-6-8-21-9-7-16/h1-3H,4-9H2,(H,15,18). The summed E-state index contributed by atoms with van der Waals surface area (Å²) in [6, 6.07) is 4.23. The highest BCUT2D eigenvalue weighted by Crippen LogP contribution is 2.27. The first-order valence-electron chi connectivity index (χ1n) is 6.61. The Morgan fingerprint density at radius 1 is 1.43 bits per heavy atom. The van der Waals surface area contributed by atoms with Crippen molar-refractivity contribution in [1.29, 1.82) is 0 Å². The third-order valence-electron chi connectivity index (χ3n) is 3.24. The number of hydrogen-bond acceptors (Lipinski definition) is 5. The molecule has 1 N–H and O–H groups in total. The van der Waals surface area contributed by atoms with Crippen LogP contribution in [0.2, 0.25) is 5.02 Å². The van der Waals surface area contributed by atoms with Crippen LogP contribution in [0.25, 0.3) is 0 Å². The van der Waals surface area contributed by atoms with Gasteiger partial charge in [0.2, 0.25) is 0 Å². The molecule has 1 aromatic rings. The van der Waals surface area contributed by atoms with E-state index in [-0.39, 0.29) is 22.2 Å². The molecule has 1 aliphatic rings. The second kappa shape index (κ2) is 7.63. The second-order valence-electron chi connectivity index (χ2n) is 4.61. The Labute approximate surface area is 132 Å². The second-order valence-corrected chi connectivity index (χ2v) is 6.21. The summed E-state index contributed by atoms with van der Waals surface area (Å²) < 4.78 is 0. The van der Waals surface area contributed by atoms with Crippen molar-refractivity contribution in [3.05, 3.63) is 38.9 Å². The van der Waals surface area contributed by atoms with Crippen LogP contribution < -0.4 is 5.32 Å². The minimum atomic E-state index is -0.593. The molecule has 0 unspecified atom stereocenters. The van der Waals surface area contributed by atoms with Crippen molar-refractivity contribution in [2.45, 2.75) is 0 Å². The Hall–Kier alpha value is -1.31. The number of hydrogen-bond donors (Lipinski definition) is 1. The largest absolute Gasteiger partial charge is 0.351 e. The fraction of sp³-hybridized carbons (Fsp3) is 0.462. The molecule has 1 aromatic carbocycles. The van der Waals surface area contributed by atoms with Gasteiger partial charge in [0.25, 0.3) is 11.6 Å². The quantitative estimate of drug-likeness (QED) is 0.660. The zero-order valence-corrected chi connectivity index (χ0v) is 13.0. The SMILES string of the molecule is O=C(NCCN1CCSCC1)c1cccc([N+](=O)[O-])c1Cl. The van der Waals surface area contributed by atoms with E-state index in [4.69, 9.17) is 11.6 Å². The topological polar surface area (TPSA) is 75.5 Å². The number of nitro groups is 1. The Morgan fingerprint density at radius 3 is 2.81 bits per heavy atom. The van der Waals surface area contributed by atoms with Crippen molar-refractivity contribution in [2.24, 2.45) is 0 Å². The van der Waals surface area contributed by atoms with Crippen molar-refractivity contribution in [3.63, 3.8) is 0 Å². The van der Waals surface area contributed by atoms with Gasteiger partial charge in [0, 0.05) is 43.8 Å². The van der Waals surface area contributed by atoms with E-state index in [2.05, 4.69) is 10.2 Å². The van der Waals surface area contributed by atoms with Crippen LogP contribution in [0.1, 0.15) is 10.4 Å². The van der Waals surface area contributed by atoms with Crippen LogP contribution in [0, 0.1) is 10.1 Å². The molecule has 0 atom stereocenters. The molecule has 2 rings (SSSR count). The van der Waals surface area contributed by atoms with E-state index in [9.17, 15) is 14.9 Å². The van der Waals surface area contributed by atoms with E-state index < -0.39 is 4.92 Å². The maximum atomic E-state index is 12.0. The number of nitrogens with one attached hydrogen (secondary N) is 1. The van der Waals surface area contributed by atoms with E-state index >= 15 is 0 Å². The highest BCUT2D eigenvalue weighted by atomic mass is 35.5. The number of carbonyl (C=O) groups is 1. The number of halogens is 1. The molecule has 1 fully saturated rings. The zero-order chi connectivity index (χ0) is 15.2. The van der Waals surface area contributed by atoms with Crippen molar-refractivity contribution in [3.8, 4) is 0 Å². The number of benzene rings is 1. The van der Waals surface area contributed by atoms with Crippen LogP contribution in [-0.2, 0) is 0 Å². The molecule has 1 heterocycles. The Bertz CT molecular complexity index is 535. The van der Waals surface area contributed by atoms with Gasteiger partial charge in [0.05, 0.1) is 10.5 Å². The van der Waals surface area contributed by atoms with Gasteiger partial charge >= 0.3 is 0 Å². The maximum Gasteiger partial charge on any atom is 0.288 e. The molecule has 0 spiro atoms. The Balaban J connectivity index is 1.91. The number of rotatable bonds is 5. The predicted molar refractivity (Wildman–Crippen MR) is 84.2 cm³/mol. The minimum Gasteiger partial charge on any atom is -0.351 e. The van der Waals surface area contributed by atoms with Gasteiger partial charge in [-0.15, -0.1) is 0 Å². The first kappa shape index (κ1) is 16.1. The summed E-state index contributed by atoms with van der Waals surface area (Å²) in [5.74, 6) is 1.85. The lowest BCUT2D eigenvalue weighted by molar-refractivity contribution is -0.384.